The van der Waals surface area contributed by atoms with Crippen LogP contribution in [0.4, 0.5) is 0 Å². The zero-order chi connectivity index (χ0) is 0. The van der Waals surface area contributed by atoms with E-state index in [1.165, 1.54) is 0 Å². The fraction of sp³-hybridized carbons (Fsp3) is 0. The van der Waals surface area contributed by atoms with Crippen molar-refractivity contribution in [2.45, 2.75) is 0 Å². The second-order valence-electron chi connectivity index (χ2n) is 0. The molecule has 4 heavy (non-hydrogen) atoms. The summed E-state index contributed by atoms with van der Waals surface area (Å²) in [4.78, 5) is 0. The van der Waals surface area contributed by atoms with Crippen LogP contribution in [0, 0.1) is 0 Å². The molecule has 0 N–H and O–H groups in total. The van der Waals surface area contributed by atoms with E-state index in [1.807, 2.05) is 0 Å². The molecule has 0 saturated carbocycles. The second kappa shape index (κ2) is 101. The van der Waals surface area contributed by atoms with E-state index in [2.05, 4.69) is 0 Å². The Balaban J connectivity index is 0. The van der Waals surface area contributed by atoms with Crippen molar-refractivity contribution >= 4 is 0 Å². The molecule has 0 aromatic heterocycles. The normalized spacial score (nSPS) is 0. The summed E-state index contributed by atoms with van der Waals surface area (Å²) in [6.07, 6.45) is 0. The maximum absolute atomic E-state index is 0. The minimum atomic E-state index is 0. The molecule has 0 nitrogen and oxygen atoms in total. The Morgan fingerprint density at radius 2 is 0.500 bits per heavy atom. The molecule has 0 amide bonds. The van der Waals surface area contributed by atoms with Crippen molar-refractivity contribution in [3.63, 3.8) is 0 Å². The first-order valence-corrected chi connectivity index (χ1v) is 0. The van der Waals surface area contributed by atoms with E-state index >= 15 is 0 Å². The van der Waals surface area contributed by atoms with Gasteiger partial charge in [0.25, 0.3) is 0 Å². The maximum Gasteiger partial charge on any atom is 0 e. The van der Waals surface area contributed by atoms with E-state index in [-0.39, 0.29) is 34.5 Å². The molecule has 0 aliphatic rings. The zero-order valence-electron chi connectivity index (χ0n) is 1.45. The molecule has 0 spiro atoms. The summed E-state index contributed by atoms with van der Waals surface area (Å²) in [6, 6.07) is 0. The van der Waals surface area contributed by atoms with Crippen molar-refractivity contribution in [1.29, 1.82) is 0 Å². The summed E-state index contributed by atoms with van der Waals surface area (Å²) in [7, 11) is 0. The van der Waals surface area contributed by atoms with Gasteiger partial charge in [-0.05, 0) is 0 Å². The van der Waals surface area contributed by atoms with Gasteiger partial charge < -0.3 is 14.1 Å². The van der Waals surface area contributed by atoms with Crippen molar-refractivity contribution < 1.29 is 34.5 Å². The Hall–Kier alpha value is 0.452. The molecular weight excluding hydrogens is 163 g/mol. The van der Waals surface area contributed by atoms with E-state index in [0.717, 1.165) is 0 Å². The molecule has 0 heterocycles. The van der Waals surface area contributed by atoms with Gasteiger partial charge in [-0.1, -0.05) is 0 Å². The maximum atomic E-state index is 0. The van der Waals surface area contributed by atoms with Gasteiger partial charge in [-0.25, -0.2) is 0 Å². The van der Waals surface area contributed by atoms with Gasteiger partial charge in [0.05, 0.1) is 0 Å². The molecular formula is F3Pd-3. The number of hydrogen-bond donors (Lipinski definition) is 0. The topological polar surface area (TPSA) is 0 Å². The van der Waals surface area contributed by atoms with Crippen molar-refractivity contribution in [2.24, 2.45) is 0 Å². The summed E-state index contributed by atoms with van der Waals surface area (Å²) in [5.74, 6) is 0. The fourth-order valence-corrected chi connectivity index (χ4v) is 0. The van der Waals surface area contributed by atoms with Crippen molar-refractivity contribution in [3.8, 4) is 0 Å². The molecule has 0 unspecified atom stereocenters. The fourth-order valence-electron chi connectivity index (χ4n) is 0. The molecule has 4 heteroatoms. The molecule has 0 aromatic rings. The number of rotatable bonds is 0. The summed E-state index contributed by atoms with van der Waals surface area (Å²) in [5, 5.41) is 0. The van der Waals surface area contributed by atoms with Crippen LogP contribution in [0.1, 0.15) is 0 Å². The number of halogens is 3. The quantitative estimate of drug-likeness (QED) is 0.311. The summed E-state index contributed by atoms with van der Waals surface area (Å²) < 4.78 is 0. The smallest absolute Gasteiger partial charge is 0 e. The van der Waals surface area contributed by atoms with Gasteiger partial charge in [0.2, 0.25) is 0 Å². The predicted molar refractivity (Wildman–Crippen MR) is 0 cm³/mol. The first-order chi connectivity index (χ1) is 0. The monoisotopic (exact) mass is 163 g/mol. The van der Waals surface area contributed by atoms with Crippen LogP contribution in [0.15, 0.2) is 0 Å². The summed E-state index contributed by atoms with van der Waals surface area (Å²) in [6.45, 7) is 0. The first-order valence-electron chi connectivity index (χ1n) is 0. The average molecular weight is 163 g/mol. The van der Waals surface area contributed by atoms with Gasteiger partial charge in [0, 0.05) is 20.4 Å². The molecule has 0 bridgehead atoms. The van der Waals surface area contributed by atoms with Gasteiger partial charge in [-0.2, -0.15) is 0 Å². The summed E-state index contributed by atoms with van der Waals surface area (Å²) in [5.41, 5.74) is 0. The minimum absolute atomic E-state index is 0. The van der Waals surface area contributed by atoms with E-state index in [1.54, 1.807) is 0 Å². The Labute approximate surface area is 35.3 Å². The molecule has 0 aromatic carbocycles. The van der Waals surface area contributed by atoms with E-state index < -0.39 is 0 Å². The van der Waals surface area contributed by atoms with Gasteiger partial charge >= 0.3 is 0 Å². The van der Waals surface area contributed by atoms with Gasteiger partial charge in [-0.15, -0.1) is 0 Å². The van der Waals surface area contributed by atoms with E-state index in [0.29, 0.717) is 0 Å². The van der Waals surface area contributed by atoms with Crippen LogP contribution in [0.25, 0.3) is 0 Å². The second-order valence-corrected chi connectivity index (χ2v) is 0. The van der Waals surface area contributed by atoms with Crippen LogP contribution >= 0.6 is 0 Å². The SMILES string of the molecule is [F-].[F-].[F-].[Pd]. The van der Waals surface area contributed by atoms with Crippen LogP contribution < -0.4 is 14.1 Å². The molecule has 0 aliphatic heterocycles. The van der Waals surface area contributed by atoms with E-state index in [9.17, 15) is 0 Å². The molecule has 34 valence electrons. The van der Waals surface area contributed by atoms with Crippen molar-refractivity contribution in [2.75, 3.05) is 0 Å². The van der Waals surface area contributed by atoms with Gasteiger partial charge in [0.1, 0.15) is 0 Å². The van der Waals surface area contributed by atoms with Crippen LogP contribution in [0.5, 0.6) is 0 Å². The molecule has 0 radical (unpaired) electrons. The Morgan fingerprint density at radius 1 is 0.500 bits per heavy atom. The molecule has 0 fully saturated rings. The minimum Gasteiger partial charge on any atom is -1.00 e. The summed E-state index contributed by atoms with van der Waals surface area (Å²) >= 11 is 0. The molecule has 0 saturated heterocycles. The molecule has 0 aliphatic carbocycles. The Kier molecular flexibility index (Phi) is 6580. The molecule has 0 atom stereocenters. The molecule has 0 rings (SSSR count). The predicted octanol–water partition coefficient (Wildman–Crippen LogP) is -8.99. The van der Waals surface area contributed by atoms with Crippen molar-refractivity contribution in [3.05, 3.63) is 0 Å². The average Bonchev–Trinajstić information content (AvgIpc) is 0. The Bertz CT molecular complexity index is 3.25. The van der Waals surface area contributed by atoms with E-state index in [4.69, 9.17) is 0 Å². The third-order valence-electron chi connectivity index (χ3n) is 0. The standard InChI is InChI=1S/3FH.Pd/h3*1H;/p-3. The van der Waals surface area contributed by atoms with Crippen LogP contribution in [-0.4, -0.2) is 0 Å². The zero-order valence-corrected chi connectivity index (χ0v) is 3.00. The third-order valence-corrected chi connectivity index (χ3v) is 0. The largest absolute Gasteiger partial charge is 1.00 e. The van der Waals surface area contributed by atoms with Gasteiger partial charge in [-0.3, -0.25) is 0 Å². The third kappa shape index (κ3) is 25.3. The van der Waals surface area contributed by atoms with Crippen LogP contribution in [0.2, 0.25) is 0 Å². The van der Waals surface area contributed by atoms with Gasteiger partial charge in [0.15, 0.2) is 0 Å². The van der Waals surface area contributed by atoms with Crippen LogP contribution in [0.3, 0.4) is 0 Å². The van der Waals surface area contributed by atoms with Crippen LogP contribution in [-0.2, 0) is 20.4 Å². The van der Waals surface area contributed by atoms with Crippen molar-refractivity contribution in [1.82, 2.24) is 0 Å². The number of hydrogen-bond acceptors (Lipinski definition) is 0. The Morgan fingerprint density at radius 3 is 0.500 bits per heavy atom. The first kappa shape index (κ1) is 259.